The van der Waals surface area contributed by atoms with Crippen molar-refractivity contribution >= 4 is 5.82 Å². The molecular weight excluding hydrogens is 212 g/mol. The van der Waals surface area contributed by atoms with E-state index in [0.29, 0.717) is 11.5 Å². The van der Waals surface area contributed by atoms with Crippen molar-refractivity contribution in [2.24, 2.45) is 11.7 Å². The summed E-state index contributed by atoms with van der Waals surface area (Å²) in [6.07, 6.45) is 1.06. The lowest BCUT2D eigenvalue weighted by Crippen LogP contribution is -2.46. The first-order chi connectivity index (χ1) is 8.08. The van der Waals surface area contributed by atoms with E-state index >= 15 is 0 Å². The quantitative estimate of drug-likeness (QED) is 0.792. The van der Waals surface area contributed by atoms with Gasteiger partial charge in [0.15, 0.2) is 0 Å². The third kappa shape index (κ3) is 2.75. The van der Waals surface area contributed by atoms with Gasteiger partial charge in [-0.05, 0) is 31.4 Å². The number of pyridine rings is 1. The Morgan fingerprint density at radius 1 is 1.47 bits per heavy atom. The molecule has 0 aliphatic carbocycles. The maximum absolute atomic E-state index is 8.97. The van der Waals surface area contributed by atoms with Gasteiger partial charge in [-0.3, -0.25) is 0 Å². The number of anilines is 1. The number of piperidine rings is 1. The van der Waals surface area contributed by atoms with Gasteiger partial charge in [-0.1, -0.05) is 6.92 Å². The van der Waals surface area contributed by atoms with Crippen molar-refractivity contribution in [1.29, 1.82) is 5.26 Å². The molecule has 2 rings (SSSR count). The van der Waals surface area contributed by atoms with Crippen molar-refractivity contribution in [3.8, 4) is 6.07 Å². The Balaban J connectivity index is 2.27. The molecule has 1 aliphatic heterocycles. The Kier molecular flexibility index (Phi) is 3.30. The standard InChI is InChI=1S/C13H18N4/c1-9-3-12(15)8-17(7-9)13-5-11(6-14)4-10(2)16-13/h4-5,9,12H,3,7-8,15H2,1-2H3. The maximum atomic E-state index is 8.97. The summed E-state index contributed by atoms with van der Waals surface area (Å²) in [6.45, 7) is 5.91. The van der Waals surface area contributed by atoms with Crippen molar-refractivity contribution in [3.05, 3.63) is 23.4 Å². The molecule has 1 fully saturated rings. The van der Waals surface area contributed by atoms with Crippen LogP contribution in [-0.2, 0) is 0 Å². The highest BCUT2D eigenvalue weighted by Crippen LogP contribution is 2.22. The topological polar surface area (TPSA) is 65.9 Å². The van der Waals surface area contributed by atoms with Crippen LogP contribution in [0.5, 0.6) is 0 Å². The fourth-order valence-corrected chi connectivity index (χ4v) is 2.46. The Morgan fingerprint density at radius 2 is 2.24 bits per heavy atom. The van der Waals surface area contributed by atoms with Gasteiger partial charge in [-0.2, -0.15) is 5.26 Å². The summed E-state index contributed by atoms with van der Waals surface area (Å²) in [5.41, 5.74) is 7.57. The fourth-order valence-electron chi connectivity index (χ4n) is 2.46. The predicted molar refractivity (Wildman–Crippen MR) is 67.7 cm³/mol. The van der Waals surface area contributed by atoms with Gasteiger partial charge in [-0.25, -0.2) is 4.98 Å². The minimum atomic E-state index is 0.201. The largest absolute Gasteiger partial charge is 0.355 e. The number of rotatable bonds is 1. The van der Waals surface area contributed by atoms with E-state index in [0.717, 1.165) is 31.0 Å². The first-order valence-corrected chi connectivity index (χ1v) is 5.98. The smallest absolute Gasteiger partial charge is 0.130 e. The van der Waals surface area contributed by atoms with Crippen LogP contribution < -0.4 is 10.6 Å². The summed E-state index contributed by atoms with van der Waals surface area (Å²) in [4.78, 5) is 6.68. The van der Waals surface area contributed by atoms with E-state index in [2.05, 4.69) is 22.9 Å². The third-order valence-corrected chi connectivity index (χ3v) is 3.09. The molecule has 1 aromatic heterocycles. The number of aromatic nitrogens is 1. The number of hydrogen-bond donors (Lipinski definition) is 1. The van der Waals surface area contributed by atoms with Crippen molar-refractivity contribution in [2.45, 2.75) is 26.3 Å². The molecule has 0 aromatic carbocycles. The summed E-state index contributed by atoms with van der Waals surface area (Å²) < 4.78 is 0. The molecule has 0 radical (unpaired) electrons. The molecule has 1 aromatic rings. The molecule has 0 saturated carbocycles. The van der Waals surface area contributed by atoms with Gasteiger partial charge in [0.2, 0.25) is 0 Å². The van der Waals surface area contributed by atoms with E-state index in [1.54, 1.807) is 6.07 Å². The molecule has 2 heterocycles. The summed E-state index contributed by atoms with van der Waals surface area (Å²) in [5, 5.41) is 8.97. The predicted octanol–water partition coefficient (Wildman–Crippen LogP) is 1.44. The minimum absolute atomic E-state index is 0.201. The average Bonchev–Trinajstić information content (AvgIpc) is 2.26. The molecule has 1 aliphatic rings. The lowest BCUT2D eigenvalue weighted by molar-refractivity contribution is 0.400. The molecule has 4 nitrogen and oxygen atoms in total. The highest BCUT2D eigenvalue weighted by molar-refractivity contribution is 5.47. The van der Waals surface area contributed by atoms with Gasteiger partial charge >= 0.3 is 0 Å². The zero-order valence-corrected chi connectivity index (χ0v) is 10.3. The van der Waals surface area contributed by atoms with E-state index in [1.165, 1.54) is 0 Å². The zero-order valence-electron chi connectivity index (χ0n) is 10.3. The molecule has 0 bridgehead atoms. The van der Waals surface area contributed by atoms with Crippen LogP contribution in [0.2, 0.25) is 0 Å². The second-order valence-electron chi connectivity index (χ2n) is 4.97. The second-order valence-corrected chi connectivity index (χ2v) is 4.97. The van der Waals surface area contributed by atoms with Crippen LogP contribution in [0.15, 0.2) is 12.1 Å². The molecule has 2 atom stereocenters. The van der Waals surface area contributed by atoms with Crippen LogP contribution in [0, 0.1) is 24.2 Å². The molecule has 2 unspecified atom stereocenters. The monoisotopic (exact) mass is 230 g/mol. The minimum Gasteiger partial charge on any atom is -0.355 e. The Morgan fingerprint density at radius 3 is 2.88 bits per heavy atom. The number of aryl methyl sites for hydroxylation is 1. The van der Waals surface area contributed by atoms with Gasteiger partial charge in [0.1, 0.15) is 5.82 Å². The van der Waals surface area contributed by atoms with E-state index in [-0.39, 0.29) is 6.04 Å². The zero-order chi connectivity index (χ0) is 12.4. The molecule has 17 heavy (non-hydrogen) atoms. The van der Waals surface area contributed by atoms with Crippen LogP contribution in [0.3, 0.4) is 0 Å². The highest BCUT2D eigenvalue weighted by Gasteiger charge is 2.23. The van der Waals surface area contributed by atoms with E-state index in [1.807, 2.05) is 13.0 Å². The van der Waals surface area contributed by atoms with Crippen LogP contribution in [0.4, 0.5) is 5.82 Å². The Hall–Kier alpha value is -1.60. The summed E-state index contributed by atoms with van der Waals surface area (Å²) in [6, 6.07) is 6.02. The molecule has 4 heteroatoms. The number of nitrogens with two attached hydrogens (primary N) is 1. The van der Waals surface area contributed by atoms with Gasteiger partial charge < -0.3 is 10.6 Å². The van der Waals surface area contributed by atoms with Gasteiger partial charge in [-0.15, -0.1) is 0 Å². The van der Waals surface area contributed by atoms with Gasteiger partial charge in [0.05, 0.1) is 11.6 Å². The molecule has 0 amide bonds. The van der Waals surface area contributed by atoms with E-state index < -0.39 is 0 Å². The molecule has 1 saturated heterocycles. The second kappa shape index (κ2) is 4.72. The average molecular weight is 230 g/mol. The van der Waals surface area contributed by atoms with Crippen LogP contribution in [0.1, 0.15) is 24.6 Å². The van der Waals surface area contributed by atoms with Crippen molar-refractivity contribution in [3.63, 3.8) is 0 Å². The first kappa shape index (κ1) is 11.9. The molecule has 90 valence electrons. The highest BCUT2D eigenvalue weighted by atomic mass is 15.2. The normalized spacial score (nSPS) is 24.5. The lowest BCUT2D eigenvalue weighted by atomic mass is 9.96. The fraction of sp³-hybridized carbons (Fsp3) is 0.538. The van der Waals surface area contributed by atoms with Crippen molar-refractivity contribution in [1.82, 2.24) is 4.98 Å². The Bertz CT molecular complexity index is 439. The lowest BCUT2D eigenvalue weighted by Gasteiger charge is -2.35. The van der Waals surface area contributed by atoms with Crippen LogP contribution >= 0.6 is 0 Å². The van der Waals surface area contributed by atoms with Crippen molar-refractivity contribution < 1.29 is 0 Å². The number of hydrogen-bond acceptors (Lipinski definition) is 4. The number of nitrogens with zero attached hydrogens (tertiary/aromatic N) is 3. The van der Waals surface area contributed by atoms with E-state index in [9.17, 15) is 0 Å². The summed E-state index contributed by atoms with van der Waals surface area (Å²) in [7, 11) is 0. The van der Waals surface area contributed by atoms with E-state index in [4.69, 9.17) is 11.0 Å². The first-order valence-electron chi connectivity index (χ1n) is 5.98. The molecule has 2 N–H and O–H groups in total. The SMILES string of the molecule is Cc1cc(C#N)cc(N2CC(C)CC(N)C2)n1. The third-order valence-electron chi connectivity index (χ3n) is 3.09. The van der Waals surface area contributed by atoms with Crippen molar-refractivity contribution in [2.75, 3.05) is 18.0 Å². The summed E-state index contributed by atoms with van der Waals surface area (Å²) in [5.74, 6) is 1.45. The van der Waals surface area contributed by atoms with Crippen LogP contribution in [-0.4, -0.2) is 24.1 Å². The molecule has 0 spiro atoms. The number of nitriles is 1. The summed E-state index contributed by atoms with van der Waals surface area (Å²) >= 11 is 0. The van der Waals surface area contributed by atoms with Gasteiger partial charge in [0.25, 0.3) is 0 Å². The Labute approximate surface area is 102 Å². The van der Waals surface area contributed by atoms with Crippen LogP contribution in [0.25, 0.3) is 0 Å². The maximum Gasteiger partial charge on any atom is 0.130 e. The molecular formula is C13H18N4. The van der Waals surface area contributed by atoms with Gasteiger partial charge in [0, 0.05) is 24.8 Å².